The fourth-order valence-corrected chi connectivity index (χ4v) is 3.75. The summed E-state index contributed by atoms with van der Waals surface area (Å²) >= 11 is 0.749. The number of sulfonamides is 1. The first-order chi connectivity index (χ1) is 12.6. The van der Waals surface area contributed by atoms with Crippen LogP contribution in [0.5, 0.6) is 0 Å². The summed E-state index contributed by atoms with van der Waals surface area (Å²) in [5.41, 5.74) is 10.6. The molecule has 0 radical (unpaired) electrons. The molecule has 0 unspecified atom stereocenters. The Bertz CT molecular complexity index is 1020. The van der Waals surface area contributed by atoms with E-state index in [4.69, 9.17) is 16.6 Å². The number of nitrogens with two attached hydrogens (primary N) is 2. The maximum absolute atomic E-state index is 14.1. The van der Waals surface area contributed by atoms with Crippen molar-refractivity contribution in [3.05, 3.63) is 35.0 Å². The van der Waals surface area contributed by atoms with Gasteiger partial charge in [0.15, 0.2) is 17.4 Å². The number of carbonyl (C=O) groups excluding carboxylic acids is 1. The van der Waals surface area contributed by atoms with Crippen LogP contribution in [0, 0.1) is 5.82 Å². The minimum absolute atomic E-state index is 0.237. The minimum Gasteiger partial charge on any atom is -0.476 e. The van der Waals surface area contributed by atoms with Crippen LogP contribution in [0.2, 0.25) is 0 Å². The summed E-state index contributed by atoms with van der Waals surface area (Å²) in [6, 6.07) is 0.667. The minimum atomic E-state index is -4.31. The second kappa shape index (κ2) is 8.05. The Morgan fingerprint density at radius 1 is 1.33 bits per heavy atom. The van der Waals surface area contributed by atoms with Crippen LogP contribution in [-0.2, 0) is 21.2 Å². The molecule has 2 aromatic heterocycles. The van der Waals surface area contributed by atoms with E-state index in [1.807, 2.05) is 4.72 Å². The number of carbonyl (C=O) groups is 2. The van der Waals surface area contributed by atoms with Gasteiger partial charge in [0.25, 0.3) is 10.0 Å². The first kappa shape index (κ1) is 20.2. The molecule has 11 nitrogen and oxygen atoms in total. The van der Waals surface area contributed by atoms with Crippen molar-refractivity contribution in [2.45, 2.75) is 11.3 Å². The monoisotopic (exact) mass is 416 g/mol. The number of ketones is 1. The summed E-state index contributed by atoms with van der Waals surface area (Å²) in [5.74, 6) is -3.28. The Balaban J connectivity index is 2.20. The quantitative estimate of drug-likeness (QED) is 0.326. The Hall–Kier alpha value is -3.13. The van der Waals surface area contributed by atoms with Gasteiger partial charge < -0.3 is 16.6 Å². The summed E-state index contributed by atoms with van der Waals surface area (Å²) in [4.78, 5) is 32.7. The van der Waals surface area contributed by atoms with E-state index in [0.29, 0.717) is 6.07 Å². The number of hydrogen-bond acceptors (Lipinski definition) is 8. The summed E-state index contributed by atoms with van der Waals surface area (Å²) in [7, 11) is -4.31. The van der Waals surface area contributed by atoms with Crippen LogP contribution in [0.15, 0.2) is 27.7 Å². The number of Topliss-reactive ketones (excluding diaryl/α,β-unsaturated/α-hetero) is 1. The lowest BCUT2D eigenvalue weighted by molar-refractivity contribution is -0.117. The van der Waals surface area contributed by atoms with Crippen molar-refractivity contribution in [1.29, 1.82) is 0 Å². The van der Waals surface area contributed by atoms with Gasteiger partial charge in [0, 0.05) is 6.20 Å². The van der Waals surface area contributed by atoms with Crippen LogP contribution in [0.4, 0.5) is 9.39 Å². The highest BCUT2D eigenvalue weighted by atomic mass is 32.2. The number of rotatable bonds is 8. The van der Waals surface area contributed by atoms with Crippen molar-refractivity contribution in [3.8, 4) is 0 Å². The predicted molar refractivity (Wildman–Crippen MR) is 93.5 cm³/mol. The number of aliphatic imine (C=N–C) groups is 1. The van der Waals surface area contributed by atoms with Crippen molar-refractivity contribution in [3.63, 3.8) is 0 Å². The van der Waals surface area contributed by atoms with Crippen LogP contribution in [0.25, 0.3) is 0 Å². The lowest BCUT2D eigenvalue weighted by Crippen LogP contribution is -2.24. The largest absolute Gasteiger partial charge is 0.476 e. The smallest absolute Gasteiger partial charge is 0.357 e. The average Bonchev–Trinajstić information content (AvgIpc) is 3.02. The fraction of sp³-hybridized carbons (Fsp3) is 0.154. The molecule has 0 fully saturated rings. The number of nitrogens with one attached hydrogen (secondary N) is 1. The molecule has 14 heteroatoms. The Labute approximate surface area is 156 Å². The number of thiazole rings is 1. The number of nitrogens with zero attached hydrogens (tertiary/aromatic N) is 3. The van der Waals surface area contributed by atoms with Gasteiger partial charge in [0.1, 0.15) is 22.3 Å². The van der Waals surface area contributed by atoms with Gasteiger partial charge in [-0.2, -0.15) is 0 Å². The molecule has 0 aliphatic carbocycles. The lowest BCUT2D eigenvalue weighted by atomic mass is 10.2. The molecule has 0 saturated carbocycles. The normalized spacial score (nSPS) is 11.0. The number of hydrogen-bond donors (Lipinski definition) is 4. The van der Waals surface area contributed by atoms with E-state index < -0.39 is 44.6 Å². The third-order valence-corrected chi connectivity index (χ3v) is 5.19. The summed E-state index contributed by atoms with van der Waals surface area (Å²) in [5, 5.41) is 8.71. The fourth-order valence-electron chi connectivity index (χ4n) is 1.80. The Kier molecular flexibility index (Phi) is 6.02. The maximum Gasteiger partial charge on any atom is 0.357 e. The van der Waals surface area contributed by atoms with E-state index >= 15 is 0 Å². The van der Waals surface area contributed by atoms with Crippen molar-refractivity contribution in [1.82, 2.24) is 9.97 Å². The number of carboxylic acids is 1. The third kappa shape index (κ3) is 5.18. The number of pyridine rings is 1. The highest BCUT2D eigenvalue weighted by Gasteiger charge is 2.23. The molecule has 6 N–H and O–H groups in total. The van der Waals surface area contributed by atoms with E-state index in [1.54, 1.807) is 0 Å². The van der Waals surface area contributed by atoms with E-state index in [9.17, 15) is 22.4 Å². The highest BCUT2D eigenvalue weighted by molar-refractivity contribution is 7.93. The number of halogens is 1. The van der Waals surface area contributed by atoms with Crippen LogP contribution < -0.4 is 16.2 Å². The van der Waals surface area contributed by atoms with E-state index in [2.05, 4.69) is 15.0 Å². The molecule has 144 valence electrons. The van der Waals surface area contributed by atoms with Crippen molar-refractivity contribution in [2.24, 2.45) is 16.5 Å². The van der Waals surface area contributed by atoms with Crippen LogP contribution in [-0.4, -0.2) is 47.7 Å². The molecule has 0 aliphatic heterocycles. The molecule has 2 aromatic rings. The van der Waals surface area contributed by atoms with Gasteiger partial charge in [-0.25, -0.2) is 27.6 Å². The molecule has 0 saturated heterocycles. The topological polar surface area (TPSA) is 191 Å². The van der Waals surface area contributed by atoms with Gasteiger partial charge in [0.05, 0.1) is 17.6 Å². The Morgan fingerprint density at radius 3 is 2.63 bits per heavy atom. The van der Waals surface area contributed by atoms with Crippen LogP contribution in [0.3, 0.4) is 0 Å². The summed E-state index contributed by atoms with van der Waals surface area (Å²) in [6.07, 6.45) is 0.407. The molecular formula is C13H13FN6O5S2. The van der Waals surface area contributed by atoms with Gasteiger partial charge in [0.2, 0.25) is 0 Å². The zero-order valence-electron chi connectivity index (χ0n) is 13.4. The van der Waals surface area contributed by atoms with E-state index in [1.165, 1.54) is 0 Å². The van der Waals surface area contributed by atoms with Gasteiger partial charge in [-0.15, -0.1) is 11.3 Å². The van der Waals surface area contributed by atoms with Gasteiger partial charge in [-0.1, -0.05) is 0 Å². The first-order valence-corrected chi connectivity index (χ1v) is 9.37. The number of aromatic nitrogens is 2. The second-order valence-corrected chi connectivity index (χ2v) is 7.53. The molecule has 27 heavy (non-hydrogen) atoms. The first-order valence-electron chi connectivity index (χ1n) is 7.01. The van der Waals surface area contributed by atoms with Crippen molar-refractivity contribution < 1.29 is 27.5 Å². The number of guanidine groups is 1. The number of carboxylic acid groups (broad SMARTS) is 1. The van der Waals surface area contributed by atoms with Gasteiger partial charge in [-0.3, -0.25) is 14.5 Å². The molecule has 0 spiro atoms. The number of aromatic carboxylic acids is 1. The van der Waals surface area contributed by atoms with Crippen LogP contribution in [0.1, 0.15) is 16.2 Å². The van der Waals surface area contributed by atoms with Gasteiger partial charge >= 0.3 is 5.97 Å². The molecule has 0 amide bonds. The van der Waals surface area contributed by atoms with Crippen LogP contribution >= 0.6 is 11.3 Å². The molecule has 2 heterocycles. The summed E-state index contributed by atoms with van der Waals surface area (Å²) in [6.45, 7) is -0.367. The standard InChI is InChI=1S/C13H13FN6O5S2/c14-8-2-7(4-17-9(8)1-6(21)3-18-13(15)16)27(24,25)20-11-10(12(22)23)19-5-26-11/h2,4-5,20H,1,3H2,(H,22,23)(H4,15,16,18). The zero-order valence-corrected chi connectivity index (χ0v) is 15.1. The predicted octanol–water partition coefficient (Wildman–Crippen LogP) is -0.439. The Morgan fingerprint density at radius 2 is 2.04 bits per heavy atom. The number of anilines is 1. The average molecular weight is 416 g/mol. The third-order valence-electron chi connectivity index (χ3n) is 3.00. The van der Waals surface area contributed by atoms with E-state index in [0.717, 1.165) is 23.0 Å². The molecule has 0 bridgehead atoms. The SMILES string of the molecule is NC(N)=NCC(=O)Cc1ncc(S(=O)(=O)Nc2scnc2C(=O)O)cc1F. The second-order valence-electron chi connectivity index (χ2n) is 5.00. The molecular weight excluding hydrogens is 403 g/mol. The maximum atomic E-state index is 14.1. The zero-order chi connectivity index (χ0) is 20.2. The van der Waals surface area contributed by atoms with E-state index in [-0.39, 0.29) is 23.2 Å². The highest BCUT2D eigenvalue weighted by Crippen LogP contribution is 2.24. The van der Waals surface area contributed by atoms with Crippen molar-refractivity contribution in [2.75, 3.05) is 11.3 Å². The lowest BCUT2D eigenvalue weighted by Gasteiger charge is -2.08. The van der Waals surface area contributed by atoms with Gasteiger partial charge in [-0.05, 0) is 6.07 Å². The molecule has 0 atom stereocenters. The molecule has 0 aliphatic rings. The molecule has 2 rings (SSSR count). The summed E-state index contributed by atoms with van der Waals surface area (Å²) < 4.78 is 40.7. The van der Waals surface area contributed by atoms with Crippen molar-refractivity contribution >= 4 is 44.1 Å². The molecule has 0 aromatic carbocycles.